The Kier molecular flexibility index (Phi) is 15.0. The van der Waals surface area contributed by atoms with Gasteiger partial charge in [-0.2, -0.15) is 35.4 Å². The summed E-state index contributed by atoms with van der Waals surface area (Å²) in [6, 6.07) is 24.0. The Morgan fingerprint density at radius 3 is 1.61 bits per heavy atom. The molecule has 2 aliphatic carbocycles. The second-order valence-corrected chi connectivity index (χ2v) is 17.4. The third kappa shape index (κ3) is 11.3. The Morgan fingerprint density at radius 2 is 1.20 bits per heavy atom. The minimum absolute atomic E-state index is 0. The zero-order valence-corrected chi connectivity index (χ0v) is 34.9. The molecule has 0 N–H and O–H groups in total. The van der Waals surface area contributed by atoms with Gasteiger partial charge >= 0.3 is 89.5 Å². The van der Waals surface area contributed by atoms with Crippen LogP contribution in [0.3, 0.4) is 0 Å². The van der Waals surface area contributed by atoms with Gasteiger partial charge in [-0.1, -0.05) is 111 Å². The molecule has 0 heterocycles. The number of fused-ring (bicyclic) bond motifs is 3. The number of hydrogen-bond donors (Lipinski definition) is 0. The van der Waals surface area contributed by atoms with Crippen LogP contribution in [0.4, 0.5) is 0 Å². The second-order valence-electron chi connectivity index (χ2n) is 16.7. The zero-order valence-electron chi connectivity index (χ0n) is 30.9. The number of rotatable bonds is 1. The fraction of sp³-hybridized carbons (Fsp3) is 0.465. The molecule has 0 radical (unpaired) electrons. The van der Waals surface area contributed by atoms with Crippen LogP contribution in [-0.2, 0) is 46.9 Å². The van der Waals surface area contributed by atoms with Crippen molar-refractivity contribution in [2.75, 3.05) is 0 Å². The van der Waals surface area contributed by atoms with Crippen molar-refractivity contribution in [3.05, 3.63) is 117 Å². The maximum absolute atomic E-state index is 3.67. The van der Waals surface area contributed by atoms with E-state index < -0.39 is 0 Å². The maximum Gasteiger partial charge on any atom is -0.0716 e. The van der Waals surface area contributed by atoms with Crippen molar-refractivity contribution in [1.82, 2.24) is 0 Å². The van der Waals surface area contributed by atoms with Gasteiger partial charge in [0.25, 0.3) is 0 Å². The molecule has 1 unspecified atom stereocenters. The van der Waals surface area contributed by atoms with Gasteiger partial charge in [-0.05, 0) is 28.4 Å². The van der Waals surface area contributed by atoms with Gasteiger partial charge in [0.15, 0.2) is 0 Å². The van der Waals surface area contributed by atoms with E-state index in [0.29, 0.717) is 11.3 Å². The monoisotopic (exact) mass is 732 g/mol. The van der Waals surface area contributed by atoms with Crippen molar-refractivity contribution in [2.24, 2.45) is 11.3 Å². The minimum Gasteiger partial charge on any atom is -1.00 e. The standard InChI is InChI=1S/C21H25.C11H17.C11H14.2ClH.Zr/c1-20(2,3)16-7-9-18-14(12-16)11-15-13-17(21(4,5)6)8-10-19(15)18;1-8-6-9(2)10(7-8)11(3,4)5;1-9-5-7-10(8-6-9)11(2,3)4;;;/h7-10,12H,11H2,1-6H3;7-8H,1-5H3;1,5-8H,2-4H3;2*1H;/q2*-1;;;;+2/p-2. The fourth-order valence-electron chi connectivity index (χ4n) is 5.76. The number of benzene rings is 3. The minimum atomic E-state index is 0. The van der Waals surface area contributed by atoms with E-state index in [9.17, 15) is 0 Å². The molecular formula is C43H56Cl2Zr-2. The average Bonchev–Trinajstić information content (AvgIpc) is 3.45. The number of hydrogen-bond acceptors (Lipinski definition) is 0. The third-order valence-corrected chi connectivity index (χ3v) is 9.30. The largest absolute Gasteiger partial charge is 1.00 e. The van der Waals surface area contributed by atoms with Crippen LogP contribution >= 0.6 is 0 Å². The van der Waals surface area contributed by atoms with E-state index >= 15 is 0 Å². The van der Waals surface area contributed by atoms with E-state index in [1.54, 1.807) is 0 Å². The van der Waals surface area contributed by atoms with Crippen LogP contribution in [0.2, 0.25) is 0 Å². The van der Waals surface area contributed by atoms with Gasteiger partial charge in [0.1, 0.15) is 0 Å². The smallest absolute Gasteiger partial charge is 0.0716 e. The Morgan fingerprint density at radius 1 is 0.674 bits per heavy atom. The molecule has 5 rings (SSSR count). The summed E-state index contributed by atoms with van der Waals surface area (Å²) in [6.45, 7) is 31.4. The topological polar surface area (TPSA) is 0 Å². The van der Waals surface area contributed by atoms with E-state index in [2.05, 4.69) is 173 Å². The summed E-state index contributed by atoms with van der Waals surface area (Å²) in [5.41, 5.74) is 14.8. The quantitative estimate of drug-likeness (QED) is 0.221. The normalized spacial score (nSPS) is 15.3. The van der Waals surface area contributed by atoms with Gasteiger partial charge in [0.2, 0.25) is 0 Å². The van der Waals surface area contributed by atoms with Gasteiger partial charge in [-0.25, -0.2) is 5.57 Å². The predicted octanol–water partition coefficient (Wildman–Crippen LogP) is 5.70. The predicted molar refractivity (Wildman–Crippen MR) is 190 cm³/mol. The van der Waals surface area contributed by atoms with Gasteiger partial charge in [0, 0.05) is 0 Å². The van der Waals surface area contributed by atoms with Crippen LogP contribution in [0.1, 0.15) is 130 Å². The van der Waals surface area contributed by atoms with Gasteiger partial charge in [-0.15, -0.1) is 11.1 Å². The van der Waals surface area contributed by atoms with Crippen LogP contribution in [-0.4, -0.2) is 3.71 Å². The van der Waals surface area contributed by atoms with Crippen molar-refractivity contribution in [3.63, 3.8) is 0 Å². The fourth-order valence-corrected chi connectivity index (χ4v) is 6.23. The molecule has 46 heavy (non-hydrogen) atoms. The van der Waals surface area contributed by atoms with Crippen LogP contribution in [0, 0.1) is 23.5 Å². The first-order valence-electron chi connectivity index (χ1n) is 16.2. The van der Waals surface area contributed by atoms with Crippen LogP contribution in [0.15, 0.2) is 71.8 Å². The molecule has 0 aromatic heterocycles. The maximum atomic E-state index is 3.67. The van der Waals surface area contributed by atoms with E-state index in [-0.39, 0.29) is 41.1 Å². The summed E-state index contributed by atoms with van der Waals surface area (Å²) < 4.78 is 2.21. The number of allylic oxidation sites excluding steroid dienone is 4. The first-order chi connectivity index (χ1) is 20.1. The molecule has 0 spiro atoms. The first kappa shape index (κ1) is 42.5. The summed E-state index contributed by atoms with van der Waals surface area (Å²) in [7, 11) is 0. The summed E-state index contributed by atoms with van der Waals surface area (Å²) in [5, 5.41) is 0. The molecule has 3 aromatic rings. The van der Waals surface area contributed by atoms with Crippen LogP contribution in [0.5, 0.6) is 0 Å². The summed E-state index contributed by atoms with van der Waals surface area (Å²) >= 11 is 1.46. The molecule has 0 fully saturated rings. The molecule has 1 atom stereocenters. The zero-order chi connectivity index (χ0) is 33.3. The van der Waals surface area contributed by atoms with E-state index in [4.69, 9.17) is 0 Å². The molecule has 2 aliphatic rings. The van der Waals surface area contributed by atoms with Gasteiger partial charge < -0.3 is 24.8 Å². The molecule has 0 bridgehead atoms. The van der Waals surface area contributed by atoms with E-state index in [1.165, 1.54) is 79.9 Å². The molecule has 0 amide bonds. The molecule has 0 saturated heterocycles. The average molecular weight is 735 g/mol. The Labute approximate surface area is 310 Å². The molecule has 0 nitrogen and oxygen atoms in total. The Balaban J connectivity index is 0.000000365. The van der Waals surface area contributed by atoms with Crippen molar-refractivity contribution in [3.8, 4) is 11.1 Å². The third-order valence-electron chi connectivity index (χ3n) is 8.48. The second kappa shape index (κ2) is 16.2. The van der Waals surface area contributed by atoms with Gasteiger partial charge in [-0.3, -0.25) is 6.08 Å². The van der Waals surface area contributed by atoms with Crippen LogP contribution in [0.25, 0.3) is 11.1 Å². The molecule has 3 heteroatoms. The molecule has 248 valence electrons. The Hall–Kier alpha value is -1.53. The summed E-state index contributed by atoms with van der Waals surface area (Å²) in [4.78, 5) is 0. The van der Waals surface area contributed by atoms with Crippen LogP contribution < -0.4 is 24.8 Å². The SMILES string of the molecule is CC(C)(C)c1[c-]c2c(cc1)-c1ccc(C(C)(C)C)cc1C2.CC(C)(C)c1ccc([CH]=[Zr+2])cc1.CC1=[C-]C(C)C=C1C(C)(C)C.[Cl-].[Cl-]. The van der Waals surface area contributed by atoms with Crippen molar-refractivity contribution in [1.29, 1.82) is 0 Å². The van der Waals surface area contributed by atoms with Crippen molar-refractivity contribution in [2.45, 2.75) is 120 Å². The van der Waals surface area contributed by atoms with E-state index in [1.807, 2.05) is 0 Å². The summed E-state index contributed by atoms with van der Waals surface area (Å²) in [6.07, 6.45) is 6.74. The molecule has 3 aromatic carbocycles. The number of halogens is 2. The first-order valence-corrected chi connectivity index (χ1v) is 17.7. The molecule has 0 saturated carbocycles. The van der Waals surface area contributed by atoms with Gasteiger partial charge in [0.05, 0.1) is 0 Å². The molecule has 0 aliphatic heterocycles. The van der Waals surface area contributed by atoms with Crippen molar-refractivity contribution < 1.29 is 49.0 Å². The van der Waals surface area contributed by atoms with Crippen molar-refractivity contribution >= 4 is 3.71 Å². The summed E-state index contributed by atoms with van der Waals surface area (Å²) in [5.74, 6) is 0.518. The van der Waals surface area contributed by atoms with E-state index in [0.717, 1.165) is 6.42 Å². The molecular weight excluding hydrogens is 679 g/mol. The Bertz CT molecular complexity index is 1460.